The zero-order valence-electron chi connectivity index (χ0n) is 13.5. The van der Waals surface area contributed by atoms with E-state index in [2.05, 4.69) is 49.2 Å². The molecular weight excluding hydrogens is 270 g/mol. The van der Waals surface area contributed by atoms with E-state index in [1.165, 1.54) is 11.1 Å². The zero-order valence-corrected chi connectivity index (χ0v) is 13.5. The van der Waals surface area contributed by atoms with Gasteiger partial charge in [-0.25, -0.2) is 0 Å². The second kappa shape index (κ2) is 8.50. The summed E-state index contributed by atoms with van der Waals surface area (Å²) in [6.45, 7) is 4.27. The fourth-order valence-electron chi connectivity index (χ4n) is 2.46. The van der Waals surface area contributed by atoms with Crippen LogP contribution in [-0.4, -0.2) is 10.1 Å². The number of aromatic nitrogens is 1. The Labute approximate surface area is 133 Å². The van der Waals surface area contributed by atoms with Crippen molar-refractivity contribution in [3.8, 4) is 0 Å². The van der Waals surface area contributed by atoms with Crippen LogP contribution in [0.2, 0.25) is 0 Å². The van der Waals surface area contributed by atoms with Crippen molar-refractivity contribution in [3.63, 3.8) is 0 Å². The Morgan fingerprint density at radius 2 is 2.00 bits per heavy atom. The van der Waals surface area contributed by atoms with Crippen molar-refractivity contribution >= 4 is 0 Å². The van der Waals surface area contributed by atoms with E-state index >= 15 is 0 Å². The van der Waals surface area contributed by atoms with Crippen molar-refractivity contribution in [3.05, 3.63) is 77.1 Å². The van der Waals surface area contributed by atoms with E-state index in [4.69, 9.17) is 0 Å². The predicted octanol–water partition coefficient (Wildman–Crippen LogP) is 4.78. The molecule has 0 saturated heterocycles. The Balaban J connectivity index is 2.14. The Bertz CT molecular complexity index is 587. The molecule has 1 heterocycles. The van der Waals surface area contributed by atoms with Crippen molar-refractivity contribution in [2.24, 2.45) is 0 Å². The van der Waals surface area contributed by atoms with Crippen molar-refractivity contribution in [2.45, 2.75) is 45.6 Å². The summed E-state index contributed by atoms with van der Waals surface area (Å²) >= 11 is 0. The van der Waals surface area contributed by atoms with Crippen LogP contribution in [0.1, 0.15) is 49.0 Å². The lowest BCUT2D eigenvalue weighted by molar-refractivity contribution is 0.209. The number of aryl methyl sites for hydroxylation is 1. The maximum Gasteiger partial charge on any atom is 0.102 e. The molecule has 0 fully saturated rings. The van der Waals surface area contributed by atoms with E-state index in [1.807, 2.05) is 12.1 Å². The molecule has 1 aromatic heterocycles. The maximum atomic E-state index is 10.6. The van der Waals surface area contributed by atoms with E-state index in [1.54, 1.807) is 12.4 Å². The summed E-state index contributed by atoms with van der Waals surface area (Å²) in [6.07, 6.45) is 9.12. The minimum atomic E-state index is -0.550. The average molecular weight is 295 g/mol. The number of hydrogen-bond acceptors (Lipinski definition) is 2. The van der Waals surface area contributed by atoms with E-state index in [-0.39, 0.29) is 0 Å². The number of nitrogens with zero attached hydrogens (tertiary/aromatic N) is 1. The first-order valence-electron chi connectivity index (χ1n) is 8.03. The van der Waals surface area contributed by atoms with Crippen LogP contribution in [0.15, 0.2) is 60.4 Å². The third-order valence-corrected chi connectivity index (χ3v) is 3.89. The molecule has 1 aromatic carbocycles. The SMILES string of the molecule is CCCCC(=CCc1ccc(C)cc1)C(O)c1cccnc1. The number of hydrogen-bond donors (Lipinski definition) is 1. The van der Waals surface area contributed by atoms with Gasteiger partial charge in [-0.15, -0.1) is 0 Å². The molecule has 0 aliphatic rings. The number of benzene rings is 1. The van der Waals surface area contributed by atoms with Gasteiger partial charge in [0.05, 0.1) is 0 Å². The molecule has 0 amide bonds. The maximum absolute atomic E-state index is 10.6. The monoisotopic (exact) mass is 295 g/mol. The van der Waals surface area contributed by atoms with Crippen molar-refractivity contribution in [1.29, 1.82) is 0 Å². The molecule has 0 saturated carbocycles. The summed E-state index contributed by atoms with van der Waals surface area (Å²) in [6, 6.07) is 12.4. The minimum Gasteiger partial charge on any atom is -0.384 e. The number of unbranched alkanes of at least 4 members (excludes halogenated alkanes) is 1. The van der Waals surface area contributed by atoms with E-state index in [9.17, 15) is 5.11 Å². The van der Waals surface area contributed by atoms with Gasteiger partial charge >= 0.3 is 0 Å². The summed E-state index contributed by atoms with van der Waals surface area (Å²) in [5, 5.41) is 10.6. The van der Waals surface area contributed by atoms with Gasteiger partial charge in [0.15, 0.2) is 0 Å². The van der Waals surface area contributed by atoms with Crippen LogP contribution in [0, 0.1) is 6.92 Å². The Morgan fingerprint density at radius 1 is 1.23 bits per heavy atom. The molecule has 1 unspecified atom stereocenters. The first-order valence-corrected chi connectivity index (χ1v) is 8.03. The second-order valence-electron chi connectivity index (χ2n) is 5.76. The molecule has 2 heteroatoms. The molecule has 2 aromatic rings. The Kier molecular flexibility index (Phi) is 6.35. The van der Waals surface area contributed by atoms with E-state index < -0.39 is 6.10 Å². The van der Waals surface area contributed by atoms with Crippen LogP contribution in [0.25, 0.3) is 0 Å². The van der Waals surface area contributed by atoms with Crippen molar-refractivity contribution < 1.29 is 5.11 Å². The average Bonchev–Trinajstić information content (AvgIpc) is 2.57. The van der Waals surface area contributed by atoms with Gasteiger partial charge in [0.25, 0.3) is 0 Å². The molecule has 0 spiro atoms. The smallest absolute Gasteiger partial charge is 0.102 e. The number of rotatable bonds is 7. The van der Waals surface area contributed by atoms with Crippen molar-refractivity contribution in [2.75, 3.05) is 0 Å². The first-order chi connectivity index (χ1) is 10.7. The molecule has 0 aliphatic carbocycles. The topological polar surface area (TPSA) is 33.1 Å². The van der Waals surface area contributed by atoms with Crippen molar-refractivity contribution in [1.82, 2.24) is 4.98 Å². The predicted molar refractivity (Wildman–Crippen MR) is 91.7 cm³/mol. The van der Waals surface area contributed by atoms with Gasteiger partial charge in [-0.1, -0.05) is 55.3 Å². The van der Waals surface area contributed by atoms with Gasteiger partial charge in [0, 0.05) is 18.0 Å². The Morgan fingerprint density at radius 3 is 2.64 bits per heavy atom. The van der Waals surface area contributed by atoms with Crippen LogP contribution in [0.5, 0.6) is 0 Å². The van der Waals surface area contributed by atoms with Gasteiger partial charge < -0.3 is 5.11 Å². The highest BCUT2D eigenvalue weighted by Crippen LogP contribution is 2.25. The van der Waals surface area contributed by atoms with Gasteiger partial charge in [0.2, 0.25) is 0 Å². The van der Waals surface area contributed by atoms with E-state index in [0.717, 1.165) is 36.8 Å². The van der Waals surface area contributed by atoms with Crippen LogP contribution < -0.4 is 0 Å². The number of allylic oxidation sites excluding steroid dienone is 1. The second-order valence-corrected chi connectivity index (χ2v) is 5.76. The molecule has 2 rings (SSSR count). The van der Waals surface area contributed by atoms with Crippen LogP contribution >= 0.6 is 0 Å². The highest BCUT2D eigenvalue weighted by atomic mass is 16.3. The van der Waals surface area contributed by atoms with Gasteiger partial charge in [-0.2, -0.15) is 0 Å². The van der Waals surface area contributed by atoms with Crippen LogP contribution in [-0.2, 0) is 6.42 Å². The van der Waals surface area contributed by atoms with Crippen LogP contribution in [0.3, 0.4) is 0 Å². The molecular formula is C20H25NO. The zero-order chi connectivity index (χ0) is 15.8. The van der Waals surface area contributed by atoms with Gasteiger partial charge in [-0.05, 0) is 43.4 Å². The summed E-state index contributed by atoms with van der Waals surface area (Å²) in [4.78, 5) is 4.11. The lowest BCUT2D eigenvalue weighted by Crippen LogP contribution is -2.03. The number of aliphatic hydroxyl groups is 1. The molecule has 1 N–H and O–H groups in total. The standard InChI is InChI=1S/C20H25NO/c1-3-4-6-18(20(22)19-7-5-14-21-15-19)13-12-17-10-8-16(2)9-11-17/h5,7-11,13-15,20,22H,3-4,6,12H2,1-2H3. The lowest BCUT2D eigenvalue weighted by Gasteiger charge is -2.15. The molecule has 0 radical (unpaired) electrons. The van der Waals surface area contributed by atoms with Gasteiger partial charge in [-0.3, -0.25) is 4.98 Å². The molecule has 1 atom stereocenters. The molecule has 0 bridgehead atoms. The van der Waals surface area contributed by atoms with E-state index in [0.29, 0.717) is 0 Å². The van der Waals surface area contributed by atoms with Gasteiger partial charge in [0.1, 0.15) is 6.10 Å². The molecule has 116 valence electrons. The normalized spacial score (nSPS) is 13.1. The lowest BCUT2D eigenvalue weighted by atomic mass is 9.96. The first kappa shape index (κ1) is 16.4. The summed E-state index contributed by atoms with van der Waals surface area (Å²) in [7, 11) is 0. The third-order valence-electron chi connectivity index (χ3n) is 3.89. The third kappa shape index (κ3) is 4.81. The highest BCUT2D eigenvalue weighted by molar-refractivity contribution is 5.27. The van der Waals surface area contributed by atoms with Crippen LogP contribution in [0.4, 0.5) is 0 Å². The quantitative estimate of drug-likeness (QED) is 0.745. The fourth-order valence-corrected chi connectivity index (χ4v) is 2.46. The largest absolute Gasteiger partial charge is 0.384 e. The summed E-state index contributed by atoms with van der Waals surface area (Å²) in [5.74, 6) is 0. The summed E-state index contributed by atoms with van der Waals surface area (Å²) in [5.41, 5.74) is 4.51. The summed E-state index contributed by atoms with van der Waals surface area (Å²) < 4.78 is 0. The minimum absolute atomic E-state index is 0.550. The molecule has 22 heavy (non-hydrogen) atoms. The Hall–Kier alpha value is -1.93. The highest BCUT2D eigenvalue weighted by Gasteiger charge is 2.13. The number of pyridine rings is 1. The molecule has 0 aliphatic heterocycles. The molecule has 2 nitrogen and oxygen atoms in total. The number of aliphatic hydroxyl groups excluding tert-OH is 1. The fraction of sp³-hybridized carbons (Fsp3) is 0.350.